The van der Waals surface area contributed by atoms with E-state index < -0.39 is 0 Å². The Morgan fingerprint density at radius 3 is 2.86 bits per heavy atom. The normalized spacial score (nSPS) is 22.4. The second-order valence-corrected chi connectivity index (χ2v) is 5.85. The van der Waals surface area contributed by atoms with Gasteiger partial charge in [0.1, 0.15) is 0 Å². The molecule has 3 nitrogen and oxygen atoms in total. The molecule has 1 rings (SSSR count). The summed E-state index contributed by atoms with van der Waals surface area (Å²) in [7, 11) is 0. The number of amides is 1. The fourth-order valence-electron chi connectivity index (χ4n) is 1.28. The lowest BCUT2D eigenvalue weighted by Gasteiger charge is -2.22. The van der Waals surface area contributed by atoms with E-state index in [4.69, 9.17) is 5.11 Å². The SMILES string of the molecule is CC(C)(CO)CNC(=O)C1CCCS1. The van der Waals surface area contributed by atoms with Crippen LogP contribution in [0.1, 0.15) is 26.7 Å². The van der Waals surface area contributed by atoms with Crippen LogP contribution in [-0.2, 0) is 4.79 Å². The summed E-state index contributed by atoms with van der Waals surface area (Å²) in [5, 5.41) is 12.1. The lowest BCUT2D eigenvalue weighted by Crippen LogP contribution is -2.39. The summed E-state index contributed by atoms with van der Waals surface area (Å²) < 4.78 is 0. The molecular formula is C10H19NO2S. The number of hydrogen-bond donors (Lipinski definition) is 2. The molecule has 1 amide bonds. The van der Waals surface area contributed by atoms with Crippen molar-refractivity contribution in [1.82, 2.24) is 5.32 Å². The molecule has 2 N–H and O–H groups in total. The highest BCUT2D eigenvalue weighted by atomic mass is 32.2. The highest BCUT2D eigenvalue weighted by Gasteiger charge is 2.25. The van der Waals surface area contributed by atoms with Crippen molar-refractivity contribution >= 4 is 17.7 Å². The van der Waals surface area contributed by atoms with E-state index in [0.29, 0.717) is 6.54 Å². The Balaban J connectivity index is 2.27. The first kappa shape index (κ1) is 11.9. The van der Waals surface area contributed by atoms with Crippen molar-refractivity contribution in [3.8, 4) is 0 Å². The van der Waals surface area contributed by atoms with E-state index in [1.165, 1.54) is 0 Å². The van der Waals surface area contributed by atoms with Gasteiger partial charge in [0.05, 0.1) is 5.25 Å². The molecule has 82 valence electrons. The highest BCUT2D eigenvalue weighted by molar-refractivity contribution is 8.00. The van der Waals surface area contributed by atoms with Gasteiger partial charge in [0.2, 0.25) is 5.91 Å². The number of nitrogens with one attached hydrogen (secondary N) is 1. The second-order valence-electron chi connectivity index (χ2n) is 4.54. The van der Waals surface area contributed by atoms with Crippen molar-refractivity contribution in [2.45, 2.75) is 31.9 Å². The van der Waals surface area contributed by atoms with E-state index in [-0.39, 0.29) is 23.2 Å². The summed E-state index contributed by atoms with van der Waals surface area (Å²) in [4.78, 5) is 11.6. The molecule has 0 spiro atoms. The van der Waals surface area contributed by atoms with Crippen LogP contribution < -0.4 is 5.32 Å². The number of carbonyl (C=O) groups is 1. The topological polar surface area (TPSA) is 49.3 Å². The predicted molar refractivity (Wildman–Crippen MR) is 59.4 cm³/mol. The number of rotatable bonds is 4. The van der Waals surface area contributed by atoms with Crippen LogP contribution in [0.25, 0.3) is 0 Å². The molecule has 1 unspecified atom stereocenters. The zero-order chi connectivity index (χ0) is 10.6. The molecule has 1 fully saturated rings. The molecule has 0 aromatic heterocycles. The van der Waals surface area contributed by atoms with Crippen molar-refractivity contribution in [3.05, 3.63) is 0 Å². The standard InChI is InChI=1S/C10H19NO2S/c1-10(2,7-12)6-11-9(13)8-4-3-5-14-8/h8,12H,3-7H2,1-2H3,(H,11,13). The molecule has 1 heterocycles. The number of hydrogen-bond acceptors (Lipinski definition) is 3. The van der Waals surface area contributed by atoms with Gasteiger partial charge in [0.15, 0.2) is 0 Å². The van der Waals surface area contributed by atoms with Gasteiger partial charge in [-0.1, -0.05) is 13.8 Å². The fraction of sp³-hybridized carbons (Fsp3) is 0.900. The van der Waals surface area contributed by atoms with Gasteiger partial charge >= 0.3 is 0 Å². The van der Waals surface area contributed by atoms with Gasteiger partial charge in [-0.25, -0.2) is 0 Å². The van der Waals surface area contributed by atoms with Gasteiger partial charge in [-0.3, -0.25) is 4.79 Å². The van der Waals surface area contributed by atoms with Gasteiger partial charge in [0.25, 0.3) is 0 Å². The molecule has 4 heteroatoms. The molecule has 0 aromatic carbocycles. The Hall–Kier alpha value is -0.220. The van der Waals surface area contributed by atoms with Crippen molar-refractivity contribution in [2.24, 2.45) is 5.41 Å². The van der Waals surface area contributed by atoms with Crippen LogP contribution in [0.5, 0.6) is 0 Å². The Labute approximate surface area is 89.6 Å². The van der Waals surface area contributed by atoms with E-state index in [1.807, 2.05) is 13.8 Å². The molecule has 0 radical (unpaired) electrons. The Kier molecular flexibility index (Phi) is 4.26. The number of thioether (sulfide) groups is 1. The van der Waals surface area contributed by atoms with Crippen LogP contribution in [0.15, 0.2) is 0 Å². The quantitative estimate of drug-likeness (QED) is 0.739. The summed E-state index contributed by atoms with van der Waals surface area (Å²) in [6.45, 7) is 4.54. The lowest BCUT2D eigenvalue weighted by atomic mass is 9.95. The van der Waals surface area contributed by atoms with Gasteiger partial charge in [0, 0.05) is 18.6 Å². The molecular weight excluding hydrogens is 198 g/mol. The molecule has 0 aliphatic carbocycles. The maximum atomic E-state index is 11.6. The van der Waals surface area contributed by atoms with E-state index in [0.717, 1.165) is 18.6 Å². The summed E-state index contributed by atoms with van der Waals surface area (Å²) in [5.74, 6) is 1.23. The van der Waals surface area contributed by atoms with Gasteiger partial charge < -0.3 is 10.4 Å². The largest absolute Gasteiger partial charge is 0.396 e. The van der Waals surface area contributed by atoms with Crippen LogP contribution in [0, 0.1) is 5.41 Å². The molecule has 1 saturated heterocycles. The van der Waals surface area contributed by atoms with Crippen LogP contribution in [0.2, 0.25) is 0 Å². The third kappa shape index (κ3) is 3.50. The zero-order valence-corrected chi connectivity index (χ0v) is 9.69. The van der Waals surface area contributed by atoms with E-state index in [1.54, 1.807) is 11.8 Å². The van der Waals surface area contributed by atoms with Crippen molar-refractivity contribution < 1.29 is 9.90 Å². The monoisotopic (exact) mass is 217 g/mol. The molecule has 1 aliphatic heterocycles. The summed E-state index contributed by atoms with van der Waals surface area (Å²) in [5.41, 5.74) is -0.209. The van der Waals surface area contributed by atoms with Crippen molar-refractivity contribution in [1.29, 1.82) is 0 Å². The maximum absolute atomic E-state index is 11.6. The Morgan fingerprint density at radius 1 is 1.64 bits per heavy atom. The van der Waals surface area contributed by atoms with E-state index >= 15 is 0 Å². The first-order chi connectivity index (χ1) is 6.55. The minimum atomic E-state index is -0.209. The number of aliphatic hydroxyl groups excluding tert-OH is 1. The third-order valence-electron chi connectivity index (χ3n) is 2.39. The molecule has 1 aliphatic rings. The fourth-order valence-corrected chi connectivity index (χ4v) is 2.47. The average Bonchev–Trinajstić information content (AvgIpc) is 2.67. The van der Waals surface area contributed by atoms with E-state index in [9.17, 15) is 4.79 Å². The van der Waals surface area contributed by atoms with Crippen LogP contribution in [0.4, 0.5) is 0 Å². The van der Waals surface area contributed by atoms with E-state index in [2.05, 4.69) is 5.32 Å². The van der Waals surface area contributed by atoms with Gasteiger partial charge in [-0.2, -0.15) is 0 Å². The summed E-state index contributed by atoms with van der Waals surface area (Å²) >= 11 is 1.73. The van der Waals surface area contributed by atoms with Crippen LogP contribution in [0.3, 0.4) is 0 Å². The molecule has 1 atom stereocenters. The molecule has 0 bridgehead atoms. The van der Waals surface area contributed by atoms with Crippen LogP contribution in [-0.4, -0.2) is 35.2 Å². The Morgan fingerprint density at radius 2 is 2.36 bits per heavy atom. The van der Waals surface area contributed by atoms with Gasteiger partial charge in [-0.05, 0) is 18.6 Å². The predicted octanol–water partition coefficient (Wildman–Crippen LogP) is 1.02. The van der Waals surface area contributed by atoms with Crippen LogP contribution >= 0.6 is 11.8 Å². The van der Waals surface area contributed by atoms with Crippen molar-refractivity contribution in [3.63, 3.8) is 0 Å². The van der Waals surface area contributed by atoms with Crippen molar-refractivity contribution in [2.75, 3.05) is 18.9 Å². The first-order valence-electron chi connectivity index (χ1n) is 5.05. The smallest absolute Gasteiger partial charge is 0.233 e. The summed E-state index contributed by atoms with van der Waals surface area (Å²) in [6, 6.07) is 0. The Bertz CT molecular complexity index is 200. The number of aliphatic hydroxyl groups is 1. The third-order valence-corrected chi connectivity index (χ3v) is 3.77. The van der Waals surface area contributed by atoms with Gasteiger partial charge in [-0.15, -0.1) is 11.8 Å². The number of carbonyl (C=O) groups excluding carboxylic acids is 1. The second kappa shape index (κ2) is 5.03. The average molecular weight is 217 g/mol. The summed E-state index contributed by atoms with van der Waals surface area (Å²) in [6.07, 6.45) is 2.14. The zero-order valence-electron chi connectivity index (χ0n) is 8.88. The molecule has 14 heavy (non-hydrogen) atoms. The maximum Gasteiger partial charge on any atom is 0.233 e. The highest BCUT2D eigenvalue weighted by Crippen LogP contribution is 2.26. The minimum absolute atomic E-state index is 0.102. The first-order valence-corrected chi connectivity index (χ1v) is 6.10. The molecule has 0 aromatic rings. The lowest BCUT2D eigenvalue weighted by molar-refractivity contribution is -0.121. The minimum Gasteiger partial charge on any atom is -0.396 e. The molecule has 0 saturated carbocycles.